The molecule has 6 rings (SSSR count). The first-order valence-corrected chi connectivity index (χ1v) is 15.4. The van der Waals surface area contributed by atoms with Crippen molar-refractivity contribution in [2.75, 3.05) is 13.1 Å². The lowest BCUT2D eigenvalue weighted by atomic mass is 9.95. The number of aliphatic hydroxyl groups is 1. The largest absolute Gasteiger partial charge is 0.445 e. The van der Waals surface area contributed by atoms with E-state index in [2.05, 4.69) is 20.6 Å². The Labute approximate surface area is 249 Å². The zero-order valence-electron chi connectivity index (χ0n) is 23.5. The van der Waals surface area contributed by atoms with E-state index in [1.807, 2.05) is 47.5 Å². The Morgan fingerprint density at radius 1 is 1.17 bits per heavy atom. The normalized spacial score (nSPS) is 20.0. The predicted octanol–water partition coefficient (Wildman–Crippen LogP) is 4.54. The van der Waals surface area contributed by atoms with Gasteiger partial charge in [-0.25, -0.2) is 9.97 Å². The summed E-state index contributed by atoms with van der Waals surface area (Å²) < 4.78 is 5.55. The summed E-state index contributed by atoms with van der Waals surface area (Å²) in [4.78, 5) is 38.6. The third-order valence-electron chi connectivity index (χ3n) is 8.09. The zero-order chi connectivity index (χ0) is 29.1. The number of amides is 2. The van der Waals surface area contributed by atoms with Crippen molar-refractivity contribution in [2.45, 2.75) is 63.3 Å². The highest BCUT2D eigenvalue weighted by Gasteiger charge is 2.34. The third-order valence-corrected chi connectivity index (χ3v) is 9.16. The molecule has 2 aromatic heterocycles. The molecule has 0 radical (unpaired) electrons. The average molecular weight is 586 g/mol. The highest BCUT2D eigenvalue weighted by atomic mass is 32.1. The van der Waals surface area contributed by atoms with Crippen molar-refractivity contribution >= 4 is 23.2 Å². The molecule has 2 aliphatic heterocycles. The van der Waals surface area contributed by atoms with Gasteiger partial charge in [0.05, 0.1) is 24.4 Å². The van der Waals surface area contributed by atoms with E-state index in [-0.39, 0.29) is 23.9 Å². The predicted molar refractivity (Wildman–Crippen MR) is 160 cm³/mol. The lowest BCUT2D eigenvalue weighted by molar-refractivity contribution is 0.0733. The minimum atomic E-state index is -0.778. The fourth-order valence-electron chi connectivity index (χ4n) is 5.99. The molecule has 4 heterocycles. The highest BCUT2D eigenvalue weighted by Crippen LogP contribution is 2.35. The minimum absolute atomic E-state index is 0.0943. The first-order valence-electron chi connectivity index (χ1n) is 14.5. The third kappa shape index (κ3) is 6.16. The molecule has 2 fully saturated rings. The number of rotatable bonds is 9. The molecule has 2 aliphatic rings. The number of aryl methyl sites for hydroxylation is 1. The van der Waals surface area contributed by atoms with E-state index in [0.717, 1.165) is 48.5 Å². The number of thiazole rings is 1. The number of hydrogen-bond donors (Lipinski definition) is 3. The van der Waals surface area contributed by atoms with E-state index in [4.69, 9.17) is 4.42 Å². The fourth-order valence-corrected chi connectivity index (χ4v) is 6.93. The van der Waals surface area contributed by atoms with Crippen molar-refractivity contribution in [1.29, 1.82) is 0 Å². The standard InChI is InChI=1S/C32H35N5O4S/c1-20-19-42-31(35-20)27-10-6-13-37(27)32(40)24-17-22(16-23(18-24)30-34-12-14-41-30)29(39)36-26(15-21-7-3-2-4-8-21)28(38)25-9-5-11-33-25/h2-4,7-8,12,14,16-19,25-28,33,38H,5-6,9-11,13,15H2,1H3,(H,36,39)/t25-,26+,27-,28+/m1/s1. The van der Waals surface area contributed by atoms with Gasteiger partial charge in [-0.1, -0.05) is 30.3 Å². The summed E-state index contributed by atoms with van der Waals surface area (Å²) in [5, 5.41) is 20.7. The Kier molecular flexibility index (Phi) is 8.46. The first kappa shape index (κ1) is 28.3. The number of benzene rings is 2. The molecule has 3 N–H and O–H groups in total. The molecular weight excluding hydrogens is 550 g/mol. The summed E-state index contributed by atoms with van der Waals surface area (Å²) in [5.74, 6) is -0.212. The molecule has 2 aromatic carbocycles. The lowest BCUT2D eigenvalue weighted by Crippen LogP contribution is -2.52. The van der Waals surface area contributed by atoms with Gasteiger partial charge in [0.15, 0.2) is 0 Å². The van der Waals surface area contributed by atoms with Crippen LogP contribution in [-0.4, -0.2) is 63.1 Å². The van der Waals surface area contributed by atoms with Crippen LogP contribution in [0.3, 0.4) is 0 Å². The van der Waals surface area contributed by atoms with Crippen LogP contribution in [0.5, 0.6) is 0 Å². The van der Waals surface area contributed by atoms with Gasteiger partial charge >= 0.3 is 0 Å². The van der Waals surface area contributed by atoms with Crippen LogP contribution in [0.15, 0.2) is 70.8 Å². The fraction of sp³-hybridized carbons (Fsp3) is 0.375. The van der Waals surface area contributed by atoms with Crippen LogP contribution in [0.1, 0.15) is 68.7 Å². The maximum absolute atomic E-state index is 14.0. The number of likely N-dealkylation sites (tertiary alicyclic amines) is 1. The second-order valence-corrected chi connectivity index (χ2v) is 12.0. The average Bonchev–Trinajstić information content (AvgIpc) is 3.84. The number of aliphatic hydroxyl groups excluding tert-OH is 1. The Bertz CT molecular complexity index is 1520. The summed E-state index contributed by atoms with van der Waals surface area (Å²) in [6, 6.07) is 14.1. The maximum Gasteiger partial charge on any atom is 0.254 e. The summed E-state index contributed by atoms with van der Waals surface area (Å²) >= 11 is 1.57. The lowest BCUT2D eigenvalue weighted by Gasteiger charge is -2.29. The van der Waals surface area contributed by atoms with Crippen molar-refractivity contribution in [3.05, 3.63) is 93.8 Å². The van der Waals surface area contributed by atoms with E-state index in [9.17, 15) is 14.7 Å². The van der Waals surface area contributed by atoms with Crippen LogP contribution >= 0.6 is 11.3 Å². The molecule has 0 saturated carbocycles. The van der Waals surface area contributed by atoms with Crippen molar-refractivity contribution in [1.82, 2.24) is 25.5 Å². The number of nitrogens with one attached hydrogen (secondary N) is 2. The van der Waals surface area contributed by atoms with E-state index in [0.29, 0.717) is 35.5 Å². The number of carbonyl (C=O) groups is 2. The Morgan fingerprint density at radius 2 is 2.00 bits per heavy atom. The molecule has 2 saturated heterocycles. The number of nitrogens with zero attached hydrogens (tertiary/aromatic N) is 3. The second-order valence-electron chi connectivity index (χ2n) is 11.1. The molecule has 42 heavy (non-hydrogen) atoms. The Morgan fingerprint density at radius 3 is 2.71 bits per heavy atom. The summed E-state index contributed by atoms with van der Waals surface area (Å²) in [6.45, 7) is 3.42. The van der Waals surface area contributed by atoms with Gasteiger partial charge in [0, 0.05) is 40.4 Å². The topological polar surface area (TPSA) is 121 Å². The summed E-state index contributed by atoms with van der Waals surface area (Å²) in [6.07, 6.45) is 6.25. The van der Waals surface area contributed by atoms with Crippen LogP contribution in [0.2, 0.25) is 0 Å². The molecule has 4 aromatic rings. The monoisotopic (exact) mass is 585 g/mol. The van der Waals surface area contributed by atoms with Crippen LogP contribution in [-0.2, 0) is 6.42 Å². The molecule has 10 heteroatoms. The first-order chi connectivity index (χ1) is 20.5. The van der Waals surface area contributed by atoms with Gasteiger partial charge in [0.25, 0.3) is 11.8 Å². The molecule has 0 bridgehead atoms. The van der Waals surface area contributed by atoms with Gasteiger partial charge in [0.1, 0.15) is 11.3 Å². The maximum atomic E-state index is 14.0. The van der Waals surface area contributed by atoms with E-state index >= 15 is 0 Å². The summed E-state index contributed by atoms with van der Waals surface area (Å²) in [5.41, 5.74) is 3.18. The van der Waals surface area contributed by atoms with Crippen LogP contribution in [0, 0.1) is 6.92 Å². The van der Waals surface area contributed by atoms with E-state index in [1.54, 1.807) is 29.5 Å². The molecular formula is C32H35N5O4S. The molecule has 0 aliphatic carbocycles. The summed E-state index contributed by atoms with van der Waals surface area (Å²) in [7, 11) is 0. The van der Waals surface area contributed by atoms with Crippen molar-refractivity contribution in [3.63, 3.8) is 0 Å². The SMILES string of the molecule is Cc1csc([C@H]2CCCN2C(=O)c2cc(C(=O)N[C@@H](Cc3ccccc3)[C@@H](O)[C@H]3CCCN3)cc(-c3ncco3)c2)n1. The van der Waals surface area contributed by atoms with Crippen molar-refractivity contribution in [3.8, 4) is 11.5 Å². The number of oxazole rings is 1. The van der Waals surface area contributed by atoms with Crippen molar-refractivity contribution in [2.24, 2.45) is 0 Å². The smallest absolute Gasteiger partial charge is 0.254 e. The van der Waals surface area contributed by atoms with E-state index < -0.39 is 12.1 Å². The zero-order valence-corrected chi connectivity index (χ0v) is 24.3. The van der Waals surface area contributed by atoms with Gasteiger partial charge < -0.3 is 25.1 Å². The van der Waals surface area contributed by atoms with Crippen LogP contribution < -0.4 is 10.6 Å². The van der Waals surface area contributed by atoms with Gasteiger partial charge in [-0.2, -0.15) is 0 Å². The molecule has 9 nitrogen and oxygen atoms in total. The minimum Gasteiger partial charge on any atom is -0.445 e. The second kappa shape index (κ2) is 12.6. The van der Waals surface area contributed by atoms with Gasteiger partial charge in [-0.05, 0) is 69.3 Å². The number of aromatic nitrogens is 2. The van der Waals surface area contributed by atoms with E-state index in [1.165, 1.54) is 12.5 Å². The highest BCUT2D eigenvalue weighted by molar-refractivity contribution is 7.09. The molecule has 2 amide bonds. The van der Waals surface area contributed by atoms with Crippen LogP contribution in [0.4, 0.5) is 0 Å². The molecule has 4 atom stereocenters. The van der Waals surface area contributed by atoms with Gasteiger partial charge in [-0.3, -0.25) is 9.59 Å². The van der Waals surface area contributed by atoms with Crippen molar-refractivity contribution < 1.29 is 19.1 Å². The molecule has 218 valence electrons. The van der Waals surface area contributed by atoms with Gasteiger partial charge in [-0.15, -0.1) is 11.3 Å². The molecule has 0 unspecified atom stereocenters. The molecule has 0 spiro atoms. The number of hydrogen-bond acceptors (Lipinski definition) is 8. The van der Waals surface area contributed by atoms with Gasteiger partial charge in [0.2, 0.25) is 5.89 Å². The Balaban J connectivity index is 1.30. The van der Waals surface area contributed by atoms with Crippen LogP contribution in [0.25, 0.3) is 11.5 Å². The number of carbonyl (C=O) groups excluding carboxylic acids is 2. The quantitative estimate of drug-likeness (QED) is 0.264. The Hall–Kier alpha value is -3.86.